The molecule has 0 aliphatic rings. The molecule has 4 nitrogen and oxygen atoms in total. The quantitative estimate of drug-likeness (QED) is 0.852. The maximum absolute atomic E-state index is 11.7. The highest BCUT2D eigenvalue weighted by molar-refractivity contribution is 5.67. The molecular weight excluding hydrogens is 218 g/mol. The molecule has 17 heavy (non-hydrogen) atoms. The molecule has 0 aliphatic heterocycles. The second-order valence-corrected chi connectivity index (χ2v) is 4.01. The van der Waals surface area contributed by atoms with Crippen LogP contribution in [0.1, 0.15) is 18.9 Å². The summed E-state index contributed by atoms with van der Waals surface area (Å²) in [5, 5.41) is 8.80. The lowest BCUT2D eigenvalue weighted by atomic mass is 10.2. The van der Waals surface area contributed by atoms with E-state index in [1.54, 1.807) is 7.05 Å². The smallest absolute Gasteiger partial charge is 0.410 e. The molecule has 1 aromatic carbocycles. The average Bonchev–Trinajstić information content (AvgIpc) is 2.36. The Labute approximate surface area is 102 Å². The first-order valence-electron chi connectivity index (χ1n) is 5.69. The van der Waals surface area contributed by atoms with E-state index in [4.69, 9.17) is 9.84 Å². The van der Waals surface area contributed by atoms with Crippen molar-refractivity contribution in [3.63, 3.8) is 0 Å². The van der Waals surface area contributed by atoms with Gasteiger partial charge in [-0.05, 0) is 18.9 Å². The summed E-state index contributed by atoms with van der Waals surface area (Å²) in [7, 11) is 1.67. The molecule has 0 aromatic heterocycles. The van der Waals surface area contributed by atoms with Gasteiger partial charge in [-0.2, -0.15) is 0 Å². The molecule has 4 heteroatoms. The van der Waals surface area contributed by atoms with E-state index in [0.29, 0.717) is 6.42 Å². The lowest BCUT2D eigenvalue weighted by Gasteiger charge is -2.23. The molecule has 0 fully saturated rings. The van der Waals surface area contributed by atoms with Crippen molar-refractivity contribution in [3.8, 4) is 0 Å². The normalized spacial score (nSPS) is 11.9. The molecule has 0 saturated carbocycles. The Morgan fingerprint density at radius 3 is 2.65 bits per heavy atom. The van der Waals surface area contributed by atoms with Gasteiger partial charge in [-0.15, -0.1) is 0 Å². The Morgan fingerprint density at radius 2 is 2.06 bits per heavy atom. The van der Waals surface area contributed by atoms with Gasteiger partial charge in [0.1, 0.15) is 6.61 Å². The van der Waals surface area contributed by atoms with Crippen LogP contribution in [0.25, 0.3) is 0 Å². The number of carbonyl (C=O) groups excluding carboxylic acids is 1. The molecule has 1 atom stereocenters. The number of hydrogen-bond donors (Lipinski definition) is 1. The summed E-state index contributed by atoms with van der Waals surface area (Å²) in [6.45, 7) is 2.22. The van der Waals surface area contributed by atoms with Gasteiger partial charge >= 0.3 is 6.09 Å². The van der Waals surface area contributed by atoms with E-state index in [1.807, 2.05) is 37.3 Å². The van der Waals surface area contributed by atoms with Crippen LogP contribution in [-0.4, -0.2) is 35.8 Å². The fourth-order valence-electron chi connectivity index (χ4n) is 1.38. The van der Waals surface area contributed by atoms with E-state index in [-0.39, 0.29) is 25.3 Å². The number of benzene rings is 1. The molecule has 1 rings (SSSR count). The molecule has 1 amide bonds. The SMILES string of the molecule is C[C@H](CCO)N(C)C(=O)OCc1ccccc1. The highest BCUT2D eigenvalue weighted by Gasteiger charge is 2.16. The van der Waals surface area contributed by atoms with Gasteiger partial charge in [0.05, 0.1) is 0 Å². The minimum Gasteiger partial charge on any atom is -0.445 e. The lowest BCUT2D eigenvalue weighted by molar-refractivity contribution is 0.0886. The maximum atomic E-state index is 11.7. The number of rotatable bonds is 5. The third-order valence-electron chi connectivity index (χ3n) is 2.70. The Balaban J connectivity index is 2.39. The summed E-state index contributed by atoms with van der Waals surface area (Å²) in [5.41, 5.74) is 0.962. The van der Waals surface area contributed by atoms with Gasteiger partial charge in [0.15, 0.2) is 0 Å². The summed E-state index contributed by atoms with van der Waals surface area (Å²) < 4.78 is 5.16. The van der Waals surface area contributed by atoms with Gasteiger partial charge in [-0.25, -0.2) is 4.79 Å². The largest absolute Gasteiger partial charge is 0.445 e. The van der Waals surface area contributed by atoms with E-state index >= 15 is 0 Å². The summed E-state index contributed by atoms with van der Waals surface area (Å²) >= 11 is 0. The highest BCUT2D eigenvalue weighted by Crippen LogP contribution is 2.06. The summed E-state index contributed by atoms with van der Waals surface area (Å²) in [6, 6.07) is 9.52. The molecule has 0 heterocycles. The van der Waals surface area contributed by atoms with Gasteiger partial charge in [-0.3, -0.25) is 0 Å². The van der Waals surface area contributed by atoms with E-state index in [0.717, 1.165) is 5.56 Å². The molecule has 0 radical (unpaired) electrons. The molecule has 1 aromatic rings. The minimum absolute atomic E-state index is 0.0247. The number of carbonyl (C=O) groups is 1. The zero-order chi connectivity index (χ0) is 12.7. The number of hydrogen-bond acceptors (Lipinski definition) is 3. The average molecular weight is 237 g/mol. The van der Waals surface area contributed by atoms with Gasteiger partial charge in [0.25, 0.3) is 0 Å². The van der Waals surface area contributed by atoms with Crippen LogP contribution >= 0.6 is 0 Å². The predicted octanol–water partition coefficient (Wildman–Crippen LogP) is 2.03. The van der Waals surface area contributed by atoms with Crippen molar-refractivity contribution in [2.24, 2.45) is 0 Å². The third-order valence-corrected chi connectivity index (χ3v) is 2.70. The van der Waals surface area contributed by atoms with Crippen LogP contribution in [0.3, 0.4) is 0 Å². The Hall–Kier alpha value is -1.55. The predicted molar refractivity (Wildman–Crippen MR) is 65.6 cm³/mol. The van der Waals surface area contributed by atoms with Crippen LogP contribution in [0.5, 0.6) is 0 Å². The van der Waals surface area contributed by atoms with Crippen LogP contribution < -0.4 is 0 Å². The van der Waals surface area contributed by atoms with Gasteiger partial charge in [-0.1, -0.05) is 30.3 Å². The van der Waals surface area contributed by atoms with E-state index < -0.39 is 0 Å². The van der Waals surface area contributed by atoms with Crippen molar-refractivity contribution in [1.29, 1.82) is 0 Å². The molecule has 0 aliphatic carbocycles. The lowest BCUT2D eigenvalue weighted by Crippen LogP contribution is -2.35. The van der Waals surface area contributed by atoms with Crippen LogP contribution in [-0.2, 0) is 11.3 Å². The molecule has 0 spiro atoms. The maximum Gasteiger partial charge on any atom is 0.410 e. The number of ether oxygens (including phenoxy) is 1. The Bertz CT molecular complexity index is 340. The highest BCUT2D eigenvalue weighted by atomic mass is 16.6. The van der Waals surface area contributed by atoms with E-state index in [2.05, 4.69) is 0 Å². The molecule has 94 valence electrons. The molecule has 0 saturated heterocycles. The summed E-state index contributed by atoms with van der Waals surface area (Å²) in [5.74, 6) is 0. The molecule has 0 bridgehead atoms. The molecular formula is C13H19NO3. The van der Waals surface area contributed by atoms with E-state index in [9.17, 15) is 4.79 Å². The fourth-order valence-corrected chi connectivity index (χ4v) is 1.38. The van der Waals surface area contributed by atoms with Crippen molar-refractivity contribution < 1.29 is 14.6 Å². The fraction of sp³-hybridized carbons (Fsp3) is 0.462. The standard InChI is InChI=1S/C13H19NO3/c1-11(8-9-15)14(2)13(16)17-10-12-6-4-3-5-7-12/h3-7,11,15H,8-10H2,1-2H3/t11-/m1/s1. The van der Waals surface area contributed by atoms with Crippen molar-refractivity contribution in [2.75, 3.05) is 13.7 Å². The zero-order valence-electron chi connectivity index (χ0n) is 10.3. The number of aliphatic hydroxyl groups is 1. The summed E-state index contributed by atoms with van der Waals surface area (Å²) in [4.78, 5) is 13.2. The van der Waals surface area contributed by atoms with Crippen molar-refractivity contribution in [2.45, 2.75) is 26.0 Å². The van der Waals surface area contributed by atoms with Crippen LogP contribution in [0.2, 0.25) is 0 Å². The van der Waals surface area contributed by atoms with Gasteiger partial charge < -0.3 is 14.7 Å². The van der Waals surface area contributed by atoms with Crippen LogP contribution in [0, 0.1) is 0 Å². The monoisotopic (exact) mass is 237 g/mol. The first-order valence-corrected chi connectivity index (χ1v) is 5.69. The van der Waals surface area contributed by atoms with Crippen molar-refractivity contribution in [1.82, 2.24) is 4.90 Å². The second kappa shape index (κ2) is 6.91. The number of aliphatic hydroxyl groups excluding tert-OH is 1. The number of nitrogens with zero attached hydrogens (tertiary/aromatic N) is 1. The zero-order valence-corrected chi connectivity index (χ0v) is 10.3. The first-order chi connectivity index (χ1) is 8.15. The topological polar surface area (TPSA) is 49.8 Å². The first kappa shape index (κ1) is 13.5. The third kappa shape index (κ3) is 4.44. The molecule has 0 unspecified atom stereocenters. The van der Waals surface area contributed by atoms with E-state index in [1.165, 1.54) is 4.90 Å². The van der Waals surface area contributed by atoms with Crippen LogP contribution in [0.15, 0.2) is 30.3 Å². The van der Waals surface area contributed by atoms with Gasteiger partial charge in [0.2, 0.25) is 0 Å². The summed E-state index contributed by atoms with van der Waals surface area (Å²) in [6.07, 6.45) is 0.187. The number of amides is 1. The molecule has 1 N–H and O–H groups in total. The Morgan fingerprint density at radius 1 is 1.41 bits per heavy atom. The van der Waals surface area contributed by atoms with Crippen LogP contribution in [0.4, 0.5) is 4.79 Å². The van der Waals surface area contributed by atoms with Gasteiger partial charge in [0, 0.05) is 19.7 Å². The minimum atomic E-state index is -0.366. The second-order valence-electron chi connectivity index (χ2n) is 4.01. The van der Waals surface area contributed by atoms with Crippen molar-refractivity contribution >= 4 is 6.09 Å². The van der Waals surface area contributed by atoms with Crippen molar-refractivity contribution in [3.05, 3.63) is 35.9 Å². The Kier molecular flexibility index (Phi) is 5.49.